The quantitative estimate of drug-likeness (QED) is 0.887. The molecule has 1 unspecified atom stereocenters. The van der Waals surface area contributed by atoms with Gasteiger partial charge in [-0.05, 0) is 22.0 Å². The third kappa shape index (κ3) is 2.94. The smallest absolute Gasteiger partial charge is 0.305 e. The number of carbonyl (C=O) groups is 1. The zero-order valence-electron chi connectivity index (χ0n) is 7.08. The number of carboxylic acid groups (broad SMARTS) is 1. The van der Waals surface area contributed by atoms with Gasteiger partial charge in [0.25, 0.3) is 0 Å². The van der Waals surface area contributed by atoms with E-state index in [1.54, 1.807) is 6.07 Å². The molecule has 1 heterocycles. The Labute approximate surface area is 94.2 Å². The van der Waals surface area contributed by atoms with Crippen molar-refractivity contribution in [3.05, 3.63) is 27.5 Å². The predicted molar refractivity (Wildman–Crippen MR) is 56.1 cm³/mol. The first kappa shape index (κ1) is 11.4. The van der Waals surface area contributed by atoms with Crippen molar-refractivity contribution in [3.8, 4) is 0 Å². The summed E-state index contributed by atoms with van der Waals surface area (Å²) in [7, 11) is 0. The molecule has 1 rings (SSSR count). The molecule has 0 radical (unpaired) electrons. The lowest BCUT2D eigenvalue weighted by atomic mass is 10.1. The van der Waals surface area contributed by atoms with Crippen LogP contribution in [0.1, 0.15) is 18.2 Å². The van der Waals surface area contributed by atoms with Gasteiger partial charge in [0.1, 0.15) is 0 Å². The van der Waals surface area contributed by atoms with E-state index in [1.807, 2.05) is 0 Å². The van der Waals surface area contributed by atoms with Crippen LogP contribution in [0.4, 0.5) is 0 Å². The number of aliphatic carboxylic acids is 1. The maximum absolute atomic E-state index is 10.4. The van der Waals surface area contributed by atoms with E-state index in [0.29, 0.717) is 10.7 Å². The first-order valence-electron chi connectivity index (χ1n) is 3.79. The van der Waals surface area contributed by atoms with Gasteiger partial charge in [0.15, 0.2) is 0 Å². The second-order valence-corrected chi connectivity index (χ2v) is 4.05. The minimum atomic E-state index is -0.974. The van der Waals surface area contributed by atoms with E-state index >= 15 is 0 Å². The van der Waals surface area contributed by atoms with Gasteiger partial charge in [-0.15, -0.1) is 0 Å². The molecule has 0 spiro atoms. The topological polar surface area (TPSA) is 76.2 Å². The molecule has 1 aromatic rings. The fourth-order valence-electron chi connectivity index (χ4n) is 0.983. The summed E-state index contributed by atoms with van der Waals surface area (Å²) in [5.74, 6) is -0.974. The Morgan fingerprint density at radius 2 is 2.43 bits per heavy atom. The van der Waals surface area contributed by atoms with Crippen molar-refractivity contribution in [3.63, 3.8) is 0 Å². The molecule has 6 heteroatoms. The third-order valence-electron chi connectivity index (χ3n) is 1.58. The van der Waals surface area contributed by atoms with Crippen LogP contribution in [-0.4, -0.2) is 16.1 Å². The minimum Gasteiger partial charge on any atom is -0.481 e. The monoisotopic (exact) mass is 278 g/mol. The van der Waals surface area contributed by atoms with Crippen molar-refractivity contribution >= 4 is 33.5 Å². The lowest BCUT2D eigenvalue weighted by Crippen LogP contribution is -2.16. The van der Waals surface area contributed by atoms with Crippen LogP contribution in [0.5, 0.6) is 0 Å². The average Bonchev–Trinajstić information content (AvgIpc) is 2.01. The Morgan fingerprint density at radius 1 is 1.79 bits per heavy atom. The molecule has 1 atom stereocenters. The number of nitrogens with two attached hydrogens (primary N) is 1. The first-order chi connectivity index (χ1) is 6.50. The molecule has 0 saturated carbocycles. The average molecular weight is 280 g/mol. The van der Waals surface area contributed by atoms with Crippen molar-refractivity contribution in [2.24, 2.45) is 5.73 Å². The Morgan fingerprint density at radius 3 is 2.93 bits per heavy atom. The first-order valence-corrected chi connectivity index (χ1v) is 4.96. The summed E-state index contributed by atoms with van der Waals surface area (Å²) in [6.07, 6.45) is 1.34. The third-order valence-corrected chi connectivity index (χ3v) is 2.32. The maximum Gasteiger partial charge on any atom is 0.305 e. The van der Waals surface area contributed by atoms with Gasteiger partial charge in [-0.2, -0.15) is 0 Å². The number of halogens is 2. The molecular formula is C8H8BrClN2O2. The SMILES string of the molecule is NC(CC(=O)O)c1ncc(Br)cc1Cl. The van der Waals surface area contributed by atoms with E-state index < -0.39 is 12.0 Å². The maximum atomic E-state index is 10.4. The van der Waals surface area contributed by atoms with Gasteiger partial charge in [0.2, 0.25) is 0 Å². The fraction of sp³-hybridized carbons (Fsp3) is 0.250. The molecule has 4 nitrogen and oxygen atoms in total. The number of nitrogens with zero attached hydrogens (tertiary/aromatic N) is 1. The van der Waals surface area contributed by atoms with Gasteiger partial charge in [-0.25, -0.2) is 0 Å². The summed E-state index contributed by atoms with van der Waals surface area (Å²) in [5, 5.41) is 8.90. The van der Waals surface area contributed by atoms with Gasteiger partial charge < -0.3 is 10.8 Å². The van der Waals surface area contributed by atoms with E-state index in [-0.39, 0.29) is 6.42 Å². The van der Waals surface area contributed by atoms with Gasteiger partial charge >= 0.3 is 5.97 Å². The number of carboxylic acids is 1. The summed E-state index contributed by atoms with van der Waals surface area (Å²) in [6.45, 7) is 0. The molecule has 0 aromatic carbocycles. The highest BCUT2D eigenvalue weighted by Crippen LogP contribution is 2.24. The predicted octanol–water partition coefficient (Wildman–Crippen LogP) is 1.97. The molecule has 0 saturated heterocycles. The molecule has 3 N–H and O–H groups in total. The molecule has 76 valence electrons. The lowest BCUT2D eigenvalue weighted by molar-refractivity contribution is -0.137. The number of pyridine rings is 1. The molecule has 0 aliphatic heterocycles. The summed E-state index contributed by atoms with van der Waals surface area (Å²) < 4.78 is 0.730. The van der Waals surface area contributed by atoms with Crippen LogP contribution in [0.25, 0.3) is 0 Å². The van der Waals surface area contributed by atoms with E-state index in [9.17, 15) is 4.79 Å². The molecule has 0 aliphatic rings. The standard InChI is InChI=1S/C8H8BrClN2O2/c9-4-1-5(10)8(12-3-4)6(11)2-7(13)14/h1,3,6H,2,11H2,(H,13,14). The van der Waals surface area contributed by atoms with Crippen LogP contribution in [0.2, 0.25) is 5.02 Å². The van der Waals surface area contributed by atoms with Crippen LogP contribution >= 0.6 is 27.5 Å². The van der Waals surface area contributed by atoms with E-state index in [4.69, 9.17) is 22.4 Å². The van der Waals surface area contributed by atoms with Crippen molar-refractivity contribution in [1.29, 1.82) is 0 Å². The second-order valence-electron chi connectivity index (χ2n) is 2.72. The summed E-state index contributed by atoms with van der Waals surface area (Å²) in [5.41, 5.74) is 6.00. The highest BCUT2D eigenvalue weighted by Gasteiger charge is 2.15. The van der Waals surface area contributed by atoms with E-state index in [0.717, 1.165) is 4.47 Å². The van der Waals surface area contributed by atoms with Crippen LogP contribution < -0.4 is 5.73 Å². The zero-order valence-corrected chi connectivity index (χ0v) is 9.42. The molecule has 0 aliphatic carbocycles. The molecule has 0 amide bonds. The van der Waals surface area contributed by atoms with Crippen molar-refractivity contribution in [2.45, 2.75) is 12.5 Å². The highest BCUT2D eigenvalue weighted by molar-refractivity contribution is 9.10. The van der Waals surface area contributed by atoms with Crippen LogP contribution in [0, 0.1) is 0 Å². The Hall–Kier alpha value is -0.650. The molecule has 0 bridgehead atoms. The normalized spacial score (nSPS) is 12.5. The number of hydrogen-bond donors (Lipinski definition) is 2. The lowest BCUT2D eigenvalue weighted by Gasteiger charge is -2.09. The second kappa shape index (κ2) is 4.72. The number of hydrogen-bond acceptors (Lipinski definition) is 3. The number of rotatable bonds is 3. The molecule has 1 aromatic heterocycles. The van der Waals surface area contributed by atoms with Crippen LogP contribution in [-0.2, 0) is 4.79 Å². The van der Waals surface area contributed by atoms with Crippen molar-refractivity contribution in [1.82, 2.24) is 4.98 Å². The Balaban J connectivity index is 2.90. The largest absolute Gasteiger partial charge is 0.481 e. The Kier molecular flexibility index (Phi) is 3.86. The van der Waals surface area contributed by atoms with E-state index in [1.165, 1.54) is 6.20 Å². The van der Waals surface area contributed by atoms with Gasteiger partial charge in [0, 0.05) is 10.7 Å². The zero-order chi connectivity index (χ0) is 10.7. The van der Waals surface area contributed by atoms with Crippen LogP contribution in [0.3, 0.4) is 0 Å². The fourth-order valence-corrected chi connectivity index (χ4v) is 1.75. The van der Waals surface area contributed by atoms with Gasteiger partial charge in [0.05, 0.1) is 23.2 Å². The molecule has 0 fully saturated rings. The van der Waals surface area contributed by atoms with Crippen molar-refractivity contribution in [2.75, 3.05) is 0 Å². The van der Waals surface area contributed by atoms with E-state index in [2.05, 4.69) is 20.9 Å². The number of aromatic nitrogens is 1. The Bertz CT molecular complexity index is 359. The van der Waals surface area contributed by atoms with Gasteiger partial charge in [-0.3, -0.25) is 9.78 Å². The molecule has 14 heavy (non-hydrogen) atoms. The highest BCUT2D eigenvalue weighted by atomic mass is 79.9. The van der Waals surface area contributed by atoms with Gasteiger partial charge in [-0.1, -0.05) is 11.6 Å². The summed E-state index contributed by atoms with van der Waals surface area (Å²) in [6, 6.07) is 0.957. The minimum absolute atomic E-state index is 0.186. The molecular weight excluding hydrogens is 271 g/mol. The summed E-state index contributed by atoms with van der Waals surface area (Å²) >= 11 is 9.03. The summed E-state index contributed by atoms with van der Waals surface area (Å²) in [4.78, 5) is 14.4. The van der Waals surface area contributed by atoms with Crippen LogP contribution in [0.15, 0.2) is 16.7 Å². The van der Waals surface area contributed by atoms with Crippen molar-refractivity contribution < 1.29 is 9.90 Å².